The Morgan fingerprint density at radius 3 is 2.50 bits per heavy atom. The van der Waals surface area contributed by atoms with E-state index >= 15 is 0 Å². The molecule has 1 aliphatic heterocycles. The van der Waals surface area contributed by atoms with E-state index in [1.807, 2.05) is 0 Å². The second kappa shape index (κ2) is 7.81. The van der Waals surface area contributed by atoms with Gasteiger partial charge in [0.15, 0.2) is 0 Å². The molecule has 1 atom stereocenters. The molecule has 22 heavy (non-hydrogen) atoms. The van der Waals surface area contributed by atoms with Gasteiger partial charge >= 0.3 is 0 Å². The summed E-state index contributed by atoms with van der Waals surface area (Å²) in [6.07, 6.45) is 7.02. The minimum atomic E-state index is 0.557. The summed E-state index contributed by atoms with van der Waals surface area (Å²) in [5, 5.41) is 3.65. The Hall–Kier alpha value is -2.06. The third-order valence-corrected chi connectivity index (χ3v) is 4.12. The van der Waals surface area contributed by atoms with Gasteiger partial charge in [-0.1, -0.05) is 60.7 Å². The van der Waals surface area contributed by atoms with Gasteiger partial charge in [0, 0.05) is 24.8 Å². The summed E-state index contributed by atoms with van der Waals surface area (Å²) < 4.78 is 0. The van der Waals surface area contributed by atoms with E-state index in [1.165, 1.54) is 30.6 Å². The molecule has 1 aliphatic rings. The first-order valence-corrected chi connectivity index (χ1v) is 8.16. The highest BCUT2D eigenvalue weighted by atomic mass is 15.2. The van der Waals surface area contributed by atoms with Crippen molar-refractivity contribution in [3.05, 3.63) is 72.3 Å². The van der Waals surface area contributed by atoms with Crippen LogP contribution in [0.3, 0.4) is 0 Å². The smallest absolute Gasteiger partial charge is 0.0389 e. The van der Waals surface area contributed by atoms with Crippen molar-refractivity contribution in [1.82, 2.24) is 4.90 Å². The van der Waals surface area contributed by atoms with Gasteiger partial charge in [0.2, 0.25) is 0 Å². The third kappa shape index (κ3) is 4.47. The molecule has 1 unspecified atom stereocenters. The summed E-state index contributed by atoms with van der Waals surface area (Å²) in [4.78, 5) is 2.53. The fraction of sp³-hybridized carbons (Fsp3) is 0.300. The molecule has 2 heteroatoms. The molecule has 3 rings (SSSR count). The zero-order valence-electron chi connectivity index (χ0n) is 13.0. The second-order valence-electron chi connectivity index (χ2n) is 5.92. The Balaban J connectivity index is 1.49. The molecule has 1 saturated heterocycles. The first-order chi connectivity index (χ1) is 10.9. The highest BCUT2D eigenvalue weighted by molar-refractivity contribution is 5.48. The van der Waals surface area contributed by atoms with E-state index < -0.39 is 0 Å². The number of hydrogen-bond donors (Lipinski definition) is 1. The Morgan fingerprint density at radius 1 is 1.00 bits per heavy atom. The SMILES string of the molecule is C(=C\c1ccccc1)/CN1CCCC(Nc2ccccc2)C1. The number of nitrogens with one attached hydrogen (secondary N) is 1. The summed E-state index contributed by atoms with van der Waals surface area (Å²) in [5.74, 6) is 0. The van der Waals surface area contributed by atoms with E-state index in [9.17, 15) is 0 Å². The molecule has 0 bridgehead atoms. The zero-order chi connectivity index (χ0) is 15.0. The molecule has 2 aromatic rings. The monoisotopic (exact) mass is 292 g/mol. The van der Waals surface area contributed by atoms with Crippen molar-refractivity contribution in [1.29, 1.82) is 0 Å². The van der Waals surface area contributed by atoms with Crippen molar-refractivity contribution < 1.29 is 0 Å². The van der Waals surface area contributed by atoms with Crippen LogP contribution < -0.4 is 5.32 Å². The second-order valence-corrected chi connectivity index (χ2v) is 5.92. The van der Waals surface area contributed by atoms with Crippen LogP contribution in [0.2, 0.25) is 0 Å². The highest BCUT2D eigenvalue weighted by Crippen LogP contribution is 2.16. The standard InChI is InChI=1S/C20H24N2/c1-3-9-18(10-4-1)11-7-15-22-16-8-14-20(17-22)21-19-12-5-2-6-13-19/h1-7,9-13,20-21H,8,14-17H2/b11-7+. The number of rotatable bonds is 5. The van der Waals surface area contributed by atoms with Gasteiger partial charge in [-0.25, -0.2) is 0 Å². The molecule has 0 saturated carbocycles. The normalized spacial score (nSPS) is 19.4. The fourth-order valence-electron chi connectivity index (χ4n) is 3.01. The van der Waals surface area contributed by atoms with Gasteiger partial charge < -0.3 is 5.32 Å². The van der Waals surface area contributed by atoms with Crippen molar-refractivity contribution in [2.24, 2.45) is 0 Å². The average molecular weight is 292 g/mol. The molecule has 114 valence electrons. The predicted molar refractivity (Wildman–Crippen MR) is 95.0 cm³/mol. The van der Waals surface area contributed by atoms with E-state index in [2.05, 4.69) is 83.0 Å². The summed E-state index contributed by atoms with van der Waals surface area (Å²) >= 11 is 0. The largest absolute Gasteiger partial charge is 0.381 e. The van der Waals surface area contributed by atoms with Crippen molar-refractivity contribution in [2.45, 2.75) is 18.9 Å². The van der Waals surface area contributed by atoms with Crippen LogP contribution in [-0.4, -0.2) is 30.6 Å². The first-order valence-electron chi connectivity index (χ1n) is 8.16. The van der Waals surface area contributed by atoms with Crippen molar-refractivity contribution >= 4 is 11.8 Å². The number of hydrogen-bond acceptors (Lipinski definition) is 2. The van der Waals surface area contributed by atoms with E-state index in [0.717, 1.165) is 13.1 Å². The van der Waals surface area contributed by atoms with Gasteiger partial charge in [0.25, 0.3) is 0 Å². The lowest BCUT2D eigenvalue weighted by Crippen LogP contribution is -2.42. The number of likely N-dealkylation sites (tertiary alicyclic amines) is 1. The summed E-state index contributed by atoms with van der Waals surface area (Å²) in [6.45, 7) is 3.35. The highest BCUT2D eigenvalue weighted by Gasteiger charge is 2.18. The van der Waals surface area contributed by atoms with E-state index in [0.29, 0.717) is 6.04 Å². The van der Waals surface area contributed by atoms with Crippen LogP contribution in [-0.2, 0) is 0 Å². The molecule has 2 nitrogen and oxygen atoms in total. The van der Waals surface area contributed by atoms with Crippen LogP contribution in [0.1, 0.15) is 18.4 Å². The van der Waals surface area contributed by atoms with Gasteiger partial charge in [0.05, 0.1) is 0 Å². The van der Waals surface area contributed by atoms with Crippen LogP contribution in [0.15, 0.2) is 66.7 Å². The summed E-state index contributed by atoms with van der Waals surface area (Å²) in [5.41, 5.74) is 2.51. The Kier molecular flexibility index (Phi) is 5.27. The molecular formula is C20H24N2. The van der Waals surface area contributed by atoms with E-state index in [4.69, 9.17) is 0 Å². The van der Waals surface area contributed by atoms with E-state index in [1.54, 1.807) is 0 Å². The van der Waals surface area contributed by atoms with Gasteiger partial charge in [-0.3, -0.25) is 4.90 Å². The topological polar surface area (TPSA) is 15.3 Å². The molecule has 1 N–H and O–H groups in total. The molecular weight excluding hydrogens is 268 g/mol. The maximum absolute atomic E-state index is 3.65. The lowest BCUT2D eigenvalue weighted by molar-refractivity contribution is 0.237. The molecule has 0 aromatic heterocycles. The van der Waals surface area contributed by atoms with Crippen molar-refractivity contribution in [2.75, 3.05) is 25.0 Å². The molecule has 1 heterocycles. The maximum Gasteiger partial charge on any atom is 0.0389 e. The zero-order valence-corrected chi connectivity index (χ0v) is 13.0. The summed E-state index contributed by atoms with van der Waals surface area (Å²) in [7, 11) is 0. The van der Waals surface area contributed by atoms with Crippen LogP contribution in [0.4, 0.5) is 5.69 Å². The van der Waals surface area contributed by atoms with Gasteiger partial charge in [-0.2, -0.15) is 0 Å². The Labute approximate surface area is 133 Å². The van der Waals surface area contributed by atoms with Gasteiger partial charge in [0.1, 0.15) is 0 Å². The quantitative estimate of drug-likeness (QED) is 0.885. The molecule has 0 amide bonds. The fourth-order valence-corrected chi connectivity index (χ4v) is 3.01. The van der Waals surface area contributed by atoms with Crippen LogP contribution in [0.25, 0.3) is 6.08 Å². The number of anilines is 1. The molecule has 1 fully saturated rings. The van der Waals surface area contributed by atoms with Crippen LogP contribution >= 0.6 is 0 Å². The number of piperidine rings is 1. The minimum absolute atomic E-state index is 0.557. The van der Waals surface area contributed by atoms with Crippen molar-refractivity contribution in [3.8, 4) is 0 Å². The molecule has 0 spiro atoms. The molecule has 0 aliphatic carbocycles. The average Bonchev–Trinajstić information content (AvgIpc) is 2.57. The lowest BCUT2D eigenvalue weighted by atomic mass is 10.1. The van der Waals surface area contributed by atoms with Gasteiger partial charge in [-0.15, -0.1) is 0 Å². The molecule has 2 aromatic carbocycles. The first kappa shape index (κ1) is 14.9. The van der Waals surface area contributed by atoms with Crippen LogP contribution in [0.5, 0.6) is 0 Å². The number of benzene rings is 2. The summed E-state index contributed by atoms with van der Waals surface area (Å²) in [6, 6.07) is 21.6. The number of para-hydroxylation sites is 1. The lowest BCUT2D eigenvalue weighted by Gasteiger charge is -2.33. The van der Waals surface area contributed by atoms with Gasteiger partial charge in [-0.05, 0) is 37.1 Å². The van der Waals surface area contributed by atoms with Crippen LogP contribution in [0, 0.1) is 0 Å². The Morgan fingerprint density at radius 2 is 1.73 bits per heavy atom. The minimum Gasteiger partial charge on any atom is -0.381 e. The molecule has 0 radical (unpaired) electrons. The van der Waals surface area contributed by atoms with Crippen molar-refractivity contribution in [3.63, 3.8) is 0 Å². The Bertz CT molecular complexity index is 577. The number of nitrogens with zero attached hydrogens (tertiary/aromatic N) is 1. The predicted octanol–water partition coefficient (Wildman–Crippen LogP) is 4.28. The van der Waals surface area contributed by atoms with E-state index in [-0.39, 0.29) is 0 Å². The third-order valence-electron chi connectivity index (χ3n) is 4.12. The maximum atomic E-state index is 3.65.